The Morgan fingerprint density at radius 3 is 2.45 bits per heavy atom. The van der Waals surface area contributed by atoms with E-state index < -0.39 is 26.5 Å². The molecule has 0 saturated carbocycles. The van der Waals surface area contributed by atoms with Crippen LogP contribution in [0.5, 0.6) is 0 Å². The average molecular weight is 493 g/mol. The first-order valence-electron chi connectivity index (χ1n) is 9.72. The molecule has 0 amide bonds. The van der Waals surface area contributed by atoms with Gasteiger partial charge in [0.15, 0.2) is 5.78 Å². The van der Waals surface area contributed by atoms with Crippen molar-refractivity contribution in [3.8, 4) is 0 Å². The number of imidazole rings is 1. The largest absolute Gasteiger partial charge is 0.417 e. The van der Waals surface area contributed by atoms with Gasteiger partial charge in [-0.3, -0.25) is 4.79 Å². The fourth-order valence-corrected chi connectivity index (χ4v) is 5.04. The van der Waals surface area contributed by atoms with Gasteiger partial charge in [0.1, 0.15) is 5.65 Å². The number of carbonyl (C=O) groups excluding carboxylic acids is 1. The van der Waals surface area contributed by atoms with E-state index in [-0.39, 0.29) is 22.1 Å². The maximum Gasteiger partial charge on any atom is 0.417 e. The van der Waals surface area contributed by atoms with Crippen molar-refractivity contribution in [2.24, 2.45) is 0 Å². The fraction of sp³-hybridized carbons (Fsp3) is 0.130. The van der Waals surface area contributed by atoms with Crippen LogP contribution < -0.4 is 0 Å². The van der Waals surface area contributed by atoms with E-state index in [0.717, 1.165) is 17.8 Å². The molecule has 10 heteroatoms. The number of Topliss-reactive ketones (excluding diaryl/α,β-unsaturated/α-hetero) is 1. The van der Waals surface area contributed by atoms with E-state index in [1.54, 1.807) is 35.1 Å². The fourth-order valence-electron chi connectivity index (χ4n) is 3.41. The van der Waals surface area contributed by atoms with E-state index >= 15 is 0 Å². The third-order valence-electron chi connectivity index (χ3n) is 5.12. The molecule has 0 bridgehead atoms. The van der Waals surface area contributed by atoms with Gasteiger partial charge in [0, 0.05) is 35.6 Å². The molecule has 0 aliphatic heterocycles. The topological polar surface area (TPSA) is 68.5 Å². The van der Waals surface area contributed by atoms with E-state index in [4.69, 9.17) is 11.6 Å². The third-order valence-corrected chi connectivity index (χ3v) is 7.18. The average Bonchev–Trinajstić information content (AvgIpc) is 3.25. The van der Waals surface area contributed by atoms with Crippen LogP contribution in [0.1, 0.15) is 27.9 Å². The molecule has 0 N–H and O–H groups in total. The standard InChI is InChI=1S/C23H16ClF3N2O3S/c24-17-5-9-21(19(13-17)23(25,26)27)33(31,32)18-6-1-15(2-7-18)3-8-20(30)16-4-10-22-28-11-12-29(22)14-16/h1-2,4-7,9-14H,3,8H2. The van der Waals surface area contributed by atoms with Crippen molar-refractivity contribution < 1.29 is 26.4 Å². The van der Waals surface area contributed by atoms with Gasteiger partial charge in [-0.2, -0.15) is 13.2 Å². The highest BCUT2D eigenvalue weighted by Gasteiger charge is 2.37. The van der Waals surface area contributed by atoms with Gasteiger partial charge in [0.25, 0.3) is 0 Å². The highest BCUT2D eigenvalue weighted by molar-refractivity contribution is 7.91. The quantitative estimate of drug-likeness (QED) is 0.326. The Kier molecular flexibility index (Phi) is 6.02. The Labute approximate surface area is 192 Å². The van der Waals surface area contributed by atoms with Crippen LogP contribution in [0.15, 0.2) is 83.0 Å². The summed E-state index contributed by atoms with van der Waals surface area (Å²) >= 11 is 5.64. The summed E-state index contributed by atoms with van der Waals surface area (Å²) in [5, 5.41) is -0.214. The van der Waals surface area contributed by atoms with Gasteiger partial charge in [-0.1, -0.05) is 23.7 Å². The van der Waals surface area contributed by atoms with E-state index in [1.165, 1.54) is 24.3 Å². The van der Waals surface area contributed by atoms with Crippen molar-refractivity contribution in [3.05, 3.63) is 94.9 Å². The number of carbonyl (C=O) groups is 1. The molecular formula is C23H16ClF3N2O3S. The summed E-state index contributed by atoms with van der Waals surface area (Å²) in [6, 6.07) is 11.4. The lowest BCUT2D eigenvalue weighted by molar-refractivity contribution is -0.139. The summed E-state index contributed by atoms with van der Waals surface area (Å²) in [5.74, 6) is -0.0988. The second-order valence-electron chi connectivity index (χ2n) is 7.32. The van der Waals surface area contributed by atoms with Crippen LogP contribution >= 0.6 is 11.6 Å². The minimum absolute atomic E-state index is 0.0988. The maximum absolute atomic E-state index is 13.4. The zero-order valence-electron chi connectivity index (χ0n) is 16.9. The Morgan fingerprint density at radius 1 is 1.03 bits per heavy atom. The lowest BCUT2D eigenvalue weighted by Gasteiger charge is -2.14. The van der Waals surface area contributed by atoms with Crippen LogP contribution in [-0.4, -0.2) is 23.6 Å². The number of aryl methyl sites for hydroxylation is 1. The highest BCUT2D eigenvalue weighted by Crippen LogP contribution is 2.38. The second kappa shape index (κ2) is 8.64. The van der Waals surface area contributed by atoms with Crippen molar-refractivity contribution >= 4 is 32.9 Å². The summed E-state index contributed by atoms with van der Waals surface area (Å²) in [5.41, 5.74) is 0.595. The molecule has 170 valence electrons. The molecule has 0 aliphatic rings. The van der Waals surface area contributed by atoms with Gasteiger partial charge in [-0.25, -0.2) is 13.4 Å². The lowest BCUT2D eigenvalue weighted by Crippen LogP contribution is -2.13. The van der Waals surface area contributed by atoms with Gasteiger partial charge >= 0.3 is 6.18 Å². The van der Waals surface area contributed by atoms with Gasteiger partial charge < -0.3 is 4.40 Å². The van der Waals surface area contributed by atoms with Gasteiger partial charge in [0.05, 0.1) is 15.4 Å². The Bertz CT molecular complexity index is 1450. The van der Waals surface area contributed by atoms with E-state index in [9.17, 15) is 26.4 Å². The molecule has 33 heavy (non-hydrogen) atoms. The maximum atomic E-state index is 13.4. The Hall–Kier alpha value is -3.17. The number of ketones is 1. The van der Waals surface area contributed by atoms with E-state index in [0.29, 0.717) is 23.6 Å². The molecule has 0 unspecified atom stereocenters. The second-order valence-corrected chi connectivity index (χ2v) is 9.67. The molecule has 0 spiro atoms. The number of fused-ring (bicyclic) bond motifs is 1. The zero-order chi connectivity index (χ0) is 23.8. The number of benzene rings is 2. The molecule has 2 heterocycles. The summed E-state index contributed by atoms with van der Waals surface area (Å²) in [7, 11) is -4.43. The molecule has 4 aromatic rings. The lowest BCUT2D eigenvalue weighted by atomic mass is 10.0. The number of rotatable bonds is 6. The van der Waals surface area contributed by atoms with Gasteiger partial charge in [0.2, 0.25) is 9.84 Å². The van der Waals surface area contributed by atoms with Gasteiger partial charge in [-0.15, -0.1) is 0 Å². The number of alkyl halides is 3. The van der Waals surface area contributed by atoms with Crippen LogP contribution in [0.2, 0.25) is 5.02 Å². The Morgan fingerprint density at radius 2 is 1.76 bits per heavy atom. The van der Waals surface area contributed by atoms with Crippen molar-refractivity contribution in [2.75, 3.05) is 0 Å². The molecule has 0 aliphatic carbocycles. The molecule has 2 aromatic carbocycles. The number of hydrogen-bond acceptors (Lipinski definition) is 4. The predicted octanol–water partition coefficient (Wildman–Crippen LogP) is 5.65. The molecular weight excluding hydrogens is 477 g/mol. The molecule has 0 fully saturated rings. The van der Waals surface area contributed by atoms with Crippen molar-refractivity contribution in [3.63, 3.8) is 0 Å². The molecule has 0 atom stereocenters. The summed E-state index contributed by atoms with van der Waals surface area (Å²) in [6.07, 6.45) is 0.687. The summed E-state index contributed by atoms with van der Waals surface area (Å²) in [6.45, 7) is 0. The summed E-state index contributed by atoms with van der Waals surface area (Å²) < 4.78 is 67.5. The third kappa shape index (κ3) is 4.79. The Balaban J connectivity index is 1.52. The highest BCUT2D eigenvalue weighted by atomic mass is 35.5. The number of sulfone groups is 1. The predicted molar refractivity (Wildman–Crippen MR) is 116 cm³/mol. The SMILES string of the molecule is O=C(CCc1ccc(S(=O)(=O)c2ccc(Cl)cc2C(F)(F)F)cc1)c1ccc2nccn2c1. The first-order chi connectivity index (χ1) is 15.6. The molecule has 4 rings (SSSR count). The number of pyridine rings is 1. The molecule has 5 nitrogen and oxygen atoms in total. The van der Waals surface area contributed by atoms with Crippen LogP contribution in [0.3, 0.4) is 0 Å². The van der Waals surface area contributed by atoms with Crippen LogP contribution in [0.4, 0.5) is 13.2 Å². The van der Waals surface area contributed by atoms with Crippen LogP contribution in [0, 0.1) is 0 Å². The smallest absolute Gasteiger partial charge is 0.306 e. The van der Waals surface area contributed by atoms with Crippen molar-refractivity contribution in [1.82, 2.24) is 9.38 Å². The van der Waals surface area contributed by atoms with Gasteiger partial charge in [-0.05, 0) is 54.4 Å². The minimum Gasteiger partial charge on any atom is -0.306 e. The first-order valence-corrected chi connectivity index (χ1v) is 11.6. The number of nitrogens with zero attached hydrogens (tertiary/aromatic N) is 2. The van der Waals surface area contributed by atoms with E-state index in [1.807, 2.05) is 0 Å². The number of halogens is 4. The van der Waals surface area contributed by atoms with Crippen molar-refractivity contribution in [1.29, 1.82) is 0 Å². The molecule has 0 saturated heterocycles. The van der Waals surface area contributed by atoms with E-state index in [2.05, 4.69) is 4.98 Å². The van der Waals surface area contributed by atoms with Crippen molar-refractivity contribution in [2.45, 2.75) is 28.8 Å². The molecule has 2 aromatic heterocycles. The monoisotopic (exact) mass is 492 g/mol. The molecule has 0 radical (unpaired) electrons. The van der Waals surface area contributed by atoms with Crippen LogP contribution in [-0.2, 0) is 22.4 Å². The zero-order valence-corrected chi connectivity index (χ0v) is 18.5. The normalized spacial score (nSPS) is 12.2. The number of aromatic nitrogens is 2. The minimum atomic E-state index is -4.88. The first kappa shape index (κ1) is 23.0. The van der Waals surface area contributed by atoms with Crippen LogP contribution in [0.25, 0.3) is 5.65 Å². The number of hydrogen-bond donors (Lipinski definition) is 0. The summed E-state index contributed by atoms with van der Waals surface area (Å²) in [4.78, 5) is 15.5.